The number of ketones is 1. The number of carboxylic acids is 1. The number of nitrogens with one attached hydrogen (secondary N) is 6. The fourth-order valence-electron chi connectivity index (χ4n) is 8.30. The highest BCUT2D eigenvalue weighted by Gasteiger charge is 2.40. The standard InChI is InChI=1S/C49H83FN16O11/c50-31-11-5-9-29(25-31)26-36(44(72)62-33(13-2-4-20-52)38(67)17-16-30(48(76)77)10-7-23-59-49(57)58)64-45(73)37-15-8-24-66(37)47(75)35(14-6-21-53)61-40(69)28-60-43(71)34(18-22-54)63-46(74)41(39(68)27-55)65-42(70)32(56)12-1-3-19-51/h5,9-11,25,32-37,39,41,68H,1-4,6-8,12-24,26-28,51-56H2,(H,60,71)(H,61,69)(H,62,72)(H,63,74)(H,64,73)(H,65,70)(H,76,77)(H4,57,58,59)/b30-10+/t32-,33-,34-,35+,36-,37-,39-,41-/m0/s1. The monoisotopic (exact) mass is 1090 g/mol. The molecule has 1 aromatic rings. The Labute approximate surface area is 447 Å². The molecule has 0 unspecified atom stereocenters. The first kappa shape index (κ1) is 66.4. The van der Waals surface area contributed by atoms with Gasteiger partial charge in [0.2, 0.25) is 41.4 Å². The molecule has 24 N–H and O–H groups in total. The smallest absolute Gasteiger partial charge is 0.331 e. The molecule has 2 rings (SSSR count). The molecule has 1 fully saturated rings. The number of hydrogen-bond acceptors (Lipinski definition) is 17. The largest absolute Gasteiger partial charge is 0.478 e. The zero-order chi connectivity index (χ0) is 57.5. The van der Waals surface area contributed by atoms with E-state index in [1.54, 1.807) is 0 Å². The lowest BCUT2D eigenvalue weighted by atomic mass is 9.97. The summed E-state index contributed by atoms with van der Waals surface area (Å²) in [6, 6.07) is -3.62. The third kappa shape index (κ3) is 24.5. The predicted octanol–water partition coefficient (Wildman–Crippen LogP) is -5.08. The number of aliphatic imine (C=N–C) groups is 1. The number of aliphatic hydroxyl groups is 1. The van der Waals surface area contributed by atoms with Gasteiger partial charge in [0, 0.05) is 38.0 Å². The first-order chi connectivity index (χ1) is 36.7. The Bertz CT molecular complexity index is 2170. The first-order valence-corrected chi connectivity index (χ1v) is 26.0. The zero-order valence-corrected chi connectivity index (χ0v) is 43.7. The van der Waals surface area contributed by atoms with E-state index in [4.69, 9.17) is 45.9 Å². The molecule has 0 aliphatic carbocycles. The van der Waals surface area contributed by atoms with E-state index in [2.05, 4.69) is 36.9 Å². The van der Waals surface area contributed by atoms with E-state index in [0.717, 1.165) is 0 Å². The molecule has 0 radical (unpaired) electrons. The van der Waals surface area contributed by atoms with Gasteiger partial charge in [-0.15, -0.1) is 0 Å². The van der Waals surface area contributed by atoms with Crippen molar-refractivity contribution in [2.75, 3.05) is 52.4 Å². The van der Waals surface area contributed by atoms with Crippen LogP contribution in [0.5, 0.6) is 0 Å². The number of nitrogens with zero attached hydrogens (tertiary/aromatic N) is 2. The number of unbranched alkanes of at least 4 members (excludes halogenated alkanes) is 2. The molecule has 0 aromatic heterocycles. The van der Waals surface area contributed by atoms with E-state index in [1.165, 1.54) is 35.2 Å². The minimum atomic E-state index is -1.61. The second-order valence-corrected chi connectivity index (χ2v) is 18.6. The van der Waals surface area contributed by atoms with Crippen LogP contribution in [0.25, 0.3) is 0 Å². The van der Waals surface area contributed by atoms with Crippen LogP contribution in [-0.2, 0) is 49.6 Å². The number of guanidine groups is 1. The molecule has 1 aliphatic heterocycles. The Morgan fingerprint density at radius 3 is 2.03 bits per heavy atom. The van der Waals surface area contributed by atoms with E-state index < -0.39 is 120 Å². The minimum Gasteiger partial charge on any atom is -0.478 e. The van der Waals surface area contributed by atoms with E-state index in [0.29, 0.717) is 44.2 Å². The van der Waals surface area contributed by atoms with Gasteiger partial charge < -0.3 is 92.9 Å². The van der Waals surface area contributed by atoms with Gasteiger partial charge in [-0.2, -0.15) is 0 Å². The number of nitrogens with two attached hydrogens (primary N) is 8. The number of amides is 7. The lowest BCUT2D eigenvalue weighted by Gasteiger charge is -2.30. The molecule has 1 aliphatic rings. The number of halogens is 1. The summed E-state index contributed by atoms with van der Waals surface area (Å²) in [7, 11) is 0. The molecular formula is C49H83FN16O11. The number of aliphatic hydroxyl groups excluding tert-OH is 1. The van der Waals surface area contributed by atoms with Crippen molar-refractivity contribution in [1.29, 1.82) is 0 Å². The van der Waals surface area contributed by atoms with E-state index in [9.17, 15) is 57.8 Å². The Morgan fingerprint density at radius 1 is 0.740 bits per heavy atom. The third-order valence-electron chi connectivity index (χ3n) is 12.5. The van der Waals surface area contributed by atoms with Crippen molar-refractivity contribution in [3.8, 4) is 0 Å². The van der Waals surface area contributed by atoms with E-state index >= 15 is 0 Å². The van der Waals surface area contributed by atoms with Crippen LogP contribution < -0.4 is 77.8 Å². The lowest BCUT2D eigenvalue weighted by molar-refractivity contribution is -0.142. The number of carbonyl (C=O) groups is 9. The van der Waals surface area contributed by atoms with Gasteiger partial charge in [0.1, 0.15) is 36.0 Å². The normalized spacial score (nSPS) is 16.1. The Kier molecular flexibility index (Phi) is 31.4. The summed E-state index contributed by atoms with van der Waals surface area (Å²) in [5, 5.41) is 35.5. The molecule has 1 aromatic carbocycles. The van der Waals surface area contributed by atoms with Crippen molar-refractivity contribution >= 4 is 59.1 Å². The Morgan fingerprint density at radius 2 is 1.40 bits per heavy atom. The van der Waals surface area contributed by atoms with Crippen molar-refractivity contribution in [2.24, 2.45) is 50.9 Å². The van der Waals surface area contributed by atoms with Crippen LogP contribution in [0.15, 0.2) is 40.9 Å². The second-order valence-electron chi connectivity index (χ2n) is 18.6. The van der Waals surface area contributed by atoms with Crippen molar-refractivity contribution in [1.82, 2.24) is 36.8 Å². The molecule has 0 bridgehead atoms. The van der Waals surface area contributed by atoms with Crippen LogP contribution in [0.4, 0.5) is 4.39 Å². The summed E-state index contributed by atoms with van der Waals surface area (Å²) in [6.07, 6.45) is 2.37. The van der Waals surface area contributed by atoms with E-state index in [-0.39, 0.29) is 108 Å². The Balaban J connectivity index is 2.28. The highest BCUT2D eigenvalue weighted by atomic mass is 19.1. The van der Waals surface area contributed by atoms with Gasteiger partial charge in [0.15, 0.2) is 11.7 Å². The van der Waals surface area contributed by atoms with Gasteiger partial charge >= 0.3 is 5.97 Å². The third-order valence-corrected chi connectivity index (χ3v) is 12.5. The topological polar surface area (TPSA) is 490 Å². The molecule has 27 nitrogen and oxygen atoms in total. The van der Waals surface area contributed by atoms with Gasteiger partial charge in [0.05, 0.1) is 24.7 Å². The zero-order valence-electron chi connectivity index (χ0n) is 43.7. The summed E-state index contributed by atoms with van der Waals surface area (Å²) in [4.78, 5) is 126. The van der Waals surface area contributed by atoms with Crippen molar-refractivity contribution in [3.05, 3.63) is 47.3 Å². The average Bonchev–Trinajstić information content (AvgIpc) is 3.89. The van der Waals surface area contributed by atoms with Crippen molar-refractivity contribution in [2.45, 2.75) is 145 Å². The Hall–Kier alpha value is -6.69. The number of aliphatic carboxylic acids is 1. The van der Waals surface area contributed by atoms with Crippen molar-refractivity contribution in [3.63, 3.8) is 0 Å². The summed E-state index contributed by atoms with van der Waals surface area (Å²) < 4.78 is 14.4. The van der Waals surface area contributed by atoms with Gasteiger partial charge in [-0.3, -0.25) is 43.3 Å². The van der Waals surface area contributed by atoms with Gasteiger partial charge in [0.25, 0.3) is 0 Å². The van der Waals surface area contributed by atoms with Crippen LogP contribution in [0.1, 0.15) is 95.5 Å². The molecule has 7 amide bonds. The molecule has 432 valence electrons. The number of benzene rings is 1. The molecule has 8 atom stereocenters. The SMILES string of the molecule is NCCCC[C@H](NC(=O)[C@H](Cc1cccc(F)c1)NC(=O)[C@@H]1CCCN1C(=O)[C@@H](CCCN)NC(=O)CNC(=O)[C@H](CCN)NC(=O)[C@@H](NC(=O)[C@@H](N)CCCCN)[C@@H](O)CN)C(=O)CC/C(=C\CCN=C(N)N)C(=O)O. The fourth-order valence-corrected chi connectivity index (χ4v) is 8.30. The maximum atomic E-state index is 14.4. The number of rotatable bonds is 38. The highest BCUT2D eigenvalue weighted by Crippen LogP contribution is 2.21. The number of hydrogen-bond donors (Lipinski definition) is 16. The van der Waals surface area contributed by atoms with Gasteiger partial charge in [-0.1, -0.05) is 24.6 Å². The van der Waals surface area contributed by atoms with Crippen LogP contribution in [0, 0.1) is 5.82 Å². The van der Waals surface area contributed by atoms with Crippen LogP contribution in [-0.4, -0.2) is 175 Å². The van der Waals surface area contributed by atoms with Crippen LogP contribution >= 0.6 is 0 Å². The first-order valence-electron chi connectivity index (χ1n) is 26.0. The minimum absolute atomic E-state index is 0.0187. The highest BCUT2D eigenvalue weighted by molar-refractivity contribution is 5.98. The number of likely N-dealkylation sites (tertiary alicyclic amines) is 1. The number of Topliss-reactive ketones (excluding diaryl/α,β-unsaturated/α-hetero) is 1. The maximum absolute atomic E-state index is 14.4. The molecule has 0 saturated carbocycles. The summed E-state index contributed by atoms with van der Waals surface area (Å²) in [6.45, 7) is -0.264. The molecular weight excluding hydrogens is 1010 g/mol. The summed E-state index contributed by atoms with van der Waals surface area (Å²) in [5.41, 5.74) is 45.2. The number of carbonyl (C=O) groups excluding carboxylic acids is 8. The lowest BCUT2D eigenvalue weighted by Crippen LogP contribution is -2.61. The molecule has 77 heavy (non-hydrogen) atoms. The van der Waals surface area contributed by atoms with Crippen molar-refractivity contribution < 1.29 is 57.8 Å². The summed E-state index contributed by atoms with van der Waals surface area (Å²) >= 11 is 0. The number of carboxylic acid groups (broad SMARTS) is 1. The van der Waals surface area contributed by atoms with Crippen LogP contribution in [0.2, 0.25) is 0 Å². The van der Waals surface area contributed by atoms with E-state index in [1.807, 2.05) is 0 Å². The van der Waals surface area contributed by atoms with Gasteiger partial charge in [-0.05, 0) is 121 Å². The predicted molar refractivity (Wildman–Crippen MR) is 284 cm³/mol. The molecule has 1 heterocycles. The fraction of sp³-hybridized carbons (Fsp3) is 0.633. The van der Waals surface area contributed by atoms with Crippen LogP contribution in [0.3, 0.4) is 0 Å². The average molecular weight is 1090 g/mol. The maximum Gasteiger partial charge on any atom is 0.331 e. The molecule has 0 spiro atoms. The quantitative estimate of drug-likeness (QED) is 0.0127. The molecule has 1 saturated heterocycles. The molecule has 28 heteroatoms. The summed E-state index contributed by atoms with van der Waals surface area (Å²) in [5.74, 6) is -8.20. The van der Waals surface area contributed by atoms with Gasteiger partial charge in [-0.25, -0.2) is 9.18 Å². The second kappa shape index (κ2) is 36.4.